The number of alkyl halides is 3. The Bertz CT molecular complexity index is 1300. The Kier molecular flexibility index (Phi) is 8.37. The van der Waals surface area contributed by atoms with Crippen molar-refractivity contribution in [2.45, 2.75) is 12.1 Å². The van der Waals surface area contributed by atoms with Crippen molar-refractivity contribution < 1.29 is 35.5 Å². The van der Waals surface area contributed by atoms with Crippen LogP contribution in [0.2, 0.25) is 10.0 Å². The van der Waals surface area contributed by atoms with Crippen LogP contribution in [0, 0.1) is 11.7 Å². The van der Waals surface area contributed by atoms with Crippen molar-refractivity contribution in [1.29, 1.82) is 0 Å². The van der Waals surface area contributed by atoms with E-state index in [1.54, 1.807) is 28.0 Å². The van der Waals surface area contributed by atoms with E-state index in [1.807, 2.05) is 0 Å². The smallest absolute Gasteiger partial charge is 0.416 e. The number of rotatable bonds is 5. The molecule has 2 heterocycles. The lowest BCUT2D eigenvalue weighted by Gasteiger charge is -2.35. The number of ether oxygens (including phenoxy) is 1. The fourth-order valence-electron chi connectivity index (χ4n) is 4.72. The molecule has 7 nitrogen and oxygen atoms in total. The Morgan fingerprint density at radius 2 is 1.68 bits per heavy atom. The van der Waals surface area contributed by atoms with Crippen molar-refractivity contribution in [2.24, 2.45) is 5.92 Å². The van der Waals surface area contributed by atoms with Gasteiger partial charge in [-0.15, -0.1) is 0 Å². The summed E-state index contributed by atoms with van der Waals surface area (Å²) in [5.41, 5.74) is -0.291. The van der Waals surface area contributed by atoms with E-state index in [-0.39, 0.29) is 57.8 Å². The monoisotopic (exact) mass is 597 g/mol. The average Bonchev–Trinajstić information content (AvgIpc) is 3.28. The van der Waals surface area contributed by atoms with Gasteiger partial charge in [-0.3, -0.25) is 0 Å². The van der Waals surface area contributed by atoms with Gasteiger partial charge < -0.3 is 14.5 Å². The molecule has 2 aromatic rings. The molecule has 2 amide bonds. The number of halogens is 6. The van der Waals surface area contributed by atoms with Gasteiger partial charge in [-0.05, 0) is 35.9 Å². The summed E-state index contributed by atoms with van der Waals surface area (Å²) in [6.07, 6.45) is -3.54. The zero-order valence-electron chi connectivity index (χ0n) is 20.2. The van der Waals surface area contributed by atoms with Gasteiger partial charge in [-0.2, -0.15) is 17.5 Å². The molecular weight excluding hydrogens is 573 g/mol. The summed E-state index contributed by atoms with van der Waals surface area (Å²) >= 11 is 12.3. The fraction of sp³-hybridized carbons (Fsp3) is 0.458. The van der Waals surface area contributed by atoms with Gasteiger partial charge in [0.25, 0.3) is 0 Å². The summed E-state index contributed by atoms with van der Waals surface area (Å²) in [5, 5.41) is 0.637. The minimum atomic E-state index is -4.66. The molecule has 2 unspecified atom stereocenters. The topological polar surface area (TPSA) is 70.2 Å². The molecule has 38 heavy (non-hydrogen) atoms. The van der Waals surface area contributed by atoms with Crippen LogP contribution in [0.3, 0.4) is 0 Å². The number of hydrogen-bond acceptors (Lipinski definition) is 4. The molecule has 2 saturated heterocycles. The summed E-state index contributed by atoms with van der Waals surface area (Å²) in [5.74, 6) is -2.18. The van der Waals surface area contributed by atoms with Crippen LogP contribution in [0.25, 0.3) is 0 Å². The number of hydrogen-bond donors (Lipinski definition) is 0. The van der Waals surface area contributed by atoms with Crippen molar-refractivity contribution in [3.05, 3.63) is 63.4 Å². The van der Waals surface area contributed by atoms with Crippen LogP contribution in [0.1, 0.15) is 17.0 Å². The molecule has 2 aliphatic heterocycles. The number of nitrogens with zero attached hydrogens (tertiary/aromatic N) is 3. The lowest BCUT2D eigenvalue weighted by molar-refractivity contribution is -0.137. The Morgan fingerprint density at radius 3 is 2.29 bits per heavy atom. The number of carbonyl (C=O) groups is 1. The van der Waals surface area contributed by atoms with E-state index in [0.29, 0.717) is 28.2 Å². The third-order valence-electron chi connectivity index (χ3n) is 6.77. The molecule has 0 saturated carbocycles. The minimum absolute atomic E-state index is 0.158. The summed E-state index contributed by atoms with van der Waals surface area (Å²) in [6.45, 7) is 1.08. The van der Waals surface area contributed by atoms with Gasteiger partial charge in [0.05, 0.1) is 28.5 Å². The summed E-state index contributed by atoms with van der Waals surface area (Å²) in [6, 6.07) is 6.67. The third kappa shape index (κ3) is 6.47. The number of amides is 2. The van der Waals surface area contributed by atoms with Gasteiger partial charge in [0.2, 0.25) is 10.0 Å². The van der Waals surface area contributed by atoms with Gasteiger partial charge >= 0.3 is 12.2 Å². The third-order valence-corrected chi connectivity index (χ3v) is 8.82. The van der Waals surface area contributed by atoms with Crippen molar-refractivity contribution >= 4 is 39.3 Å². The van der Waals surface area contributed by atoms with Crippen LogP contribution in [-0.2, 0) is 16.2 Å². The Labute approximate surface area is 227 Å². The van der Waals surface area contributed by atoms with Gasteiger partial charge in [0, 0.05) is 51.1 Å². The first kappa shape index (κ1) is 28.7. The fourth-order valence-corrected chi connectivity index (χ4v) is 5.85. The highest BCUT2D eigenvalue weighted by atomic mass is 35.5. The number of carbonyl (C=O) groups excluding carboxylic acids is 1. The molecule has 2 atom stereocenters. The summed E-state index contributed by atoms with van der Waals surface area (Å²) < 4.78 is 84.0. The molecule has 14 heteroatoms. The van der Waals surface area contributed by atoms with E-state index in [0.717, 1.165) is 11.8 Å². The predicted molar refractivity (Wildman–Crippen MR) is 135 cm³/mol. The van der Waals surface area contributed by atoms with Crippen LogP contribution in [0.5, 0.6) is 5.75 Å². The Morgan fingerprint density at radius 1 is 1.00 bits per heavy atom. The Hall–Kier alpha value is -2.28. The van der Waals surface area contributed by atoms with E-state index in [1.165, 1.54) is 4.31 Å². The molecule has 0 radical (unpaired) electrons. The molecular formula is C24H25Cl2F4N3O4S. The largest absolute Gasteiger partial charge is 0.490 e. The molecule has 0 aliphatic carbocycles. The van der Waals surface area contributed by atoms with Crippen LogP contribution in [0.15, 0.2) is 36.4 Å². The lowest BCUT2D eigenvalue weighted by Crippen LogP contribution is -2.53. The summed E-state index contributed by atoms with van der Waals surface area (Å²) in [4.78, 5) is 16.4. The number of benzene rings is 2. The normalized spacial score (nSPS) is 21.1. The van der Waals surface area contributed by atoms with Gasteiger partial charge in [0.15, 0.2) is 11.6 Å². The SMILES string of the molecule is CS(=O)(=O)N1CCN(C(=O)N2CC(COc3cc(C(F)(F)F)ccc3F)C(c3ccc(Cl)c(Cl)c3)C2)CC1. The maximum absolute atomic E-state index is 14.3. The van der Waals surface area contributed by atoms with Crippen LogP contribution >= 0.6 is 23.2 Å². The van der Waals surface area contributed by atoms with Crippen LogP contribution < -0.4 is 4.74 Å². The van der Waals surface area contributed by atoms with E-state index < -0.39 is 39.2 Å². The highest BCUT2D eigenvalue weighted by Gasteiger charge is 2.40. The van der Waals surface area contributed by atoms with Crippen molar-refractivity contribution in [3.8, 4) is 5.75 Å². The minimum Gasteiger partial charge on any atom is -0.490 e. The van der Waals surface area contributed by atoms with Crippen molar-refractivity contribution in [3.63, 3.8) is 0 Å². The number of urea groups is 1. The second-order valence-corrected chi connectivity index (χ2v) is 12.1. The highest BCUT2D eigenvalue weighted by molar-refractivity contribution is 7.88. The maximum atomic E-state index is 14.3. The molecule has 2 fully saturated rings. The number of sulfonamides is 1. The predicted octanol–water partition coefficient (Wildman–Crippen LogP) is 4.94. The zero-order chi connectivity index (χ0) is 27.8. The van der Waals surface area contributed by atoms with Crippen LogP contribution in [-0.4, -0.2) is 80.7 Å². The molecule has 0 bridgehead atoms. The van der Waals surface area contributed by atoms with Crippen molar-refractivity contribution in [1.82, 2.24) is 14.1 Å². The van der Waals surface area contributed by atoms with E-state index in [9.17, 15) is 30.8 Å². The molecule has 2 aliphatic rings. The summed E-state index contributed by atoms with van der Waals surface area (Å²) in [7, 11) is -3.36. The lowest BCUT2D eigenvalue weighted by atomic mass is 9.89. The highest BCUT2D eigenvalue weighted by Crippen LogP contribution is 2.38. The van der Waals surface area contributed by atoms with E-state index >= 15 is 0 Å². The maximum Gasteiger partial charge on any atom is 0.416 e. The molecule has 4 rings (SSSR count). The molecule has 2 aromatic carbocycles. The molecule has 0 spiro atoms. The first-order chi connectivity index (χ1) is 17.7. The molecule has 0 N–H and O–H groups in total. The van der Waals surface area contributed by atoms with E-state index in [4.69, 9.17) is 27.9 Å². The van der Waals surface area contributed by atoms with Gasteiger partial charge in [0.1, 0.15) is 0 Å². The average molecular weight is 598 g/mol. The van der Waals surface area contributed by atoms with Gasteiger partial charge in [-0.25, -0.2) is 17.6 Å². The van der Waals surface area contributed by atoms with Gasteiger partial charge in [-0.1, -0.05) is 29.3 Å². The zero-order valence-corrected chi connectivity index (χ0v) is 22.5. The second kappa shape index (κ2) is 11.1. The second-order valence-electron chi connectivity index (χ2n) is 9.33. The van der Waals surface area contributed by atoms with Crippen LogP contribution in [0.4, 0.5) is 22.4 Å². The first-order valence-electron chi connectivity index (χ1n) is 11.7. The van der Waals surface area contributed by atoms with Crippen molar-refractivity contribution in [2.75, 3.05) is 52.1 Å². The standard InChI is InChI=1S/C24H25Cl2F4N3O4S/c1-38(35,36)33-8-6-31(7-9-33)23(34)32-12-16(18(13-32)15-2-4-19(25)20(26)10-15)14-37-22-11-17(24(28,29)30)3-5-21(22)27/h2-5,10-11,16,18H,6-9,12-14H2,1H3. The number of piperazine rings is 1. The van der Waals surface area contributed by atoms with E-state index in [2.05, 4.69) is 0 Å². The molecule has 208 valence electrons. The Balaban J connectivity index is 1.52. The molecule has 0 aromatic heterocycles. The quantitative estimate of drug-likeness (QED) is 0.458. The first-order valence-corrected chi connectivity index (χ1v) is 14.3. The number of likely N-dealkylation sites (tertiary alicyclic amines) is 1.